The Bertz CT molecular complexity index is 260. The molecule has 3 N–H and O–H groups in total. The molecule has 0 aromatic heterocycles. The summed E-state index contributed by atoms with van der Waals surface area (Å²) < 4.78 is 5.57. The molecule has 0 saturated carbocycles. The van der Waals surface area contributed by atoms with Crippen LogP contribution < -0.4 is 15.5 Å². The molecule has 0 radical (unpaired) electrons. The van der Waals surface area contributed by atoms with E-state index in [1.54, 1.807) is 0 Å². The quantitative estimate of drug-likeness (QED) is 0.521. The normalized spacial score (nSPS) is 29.6. The number of imide groups is 1. The molecule has 1 saturated heterocycles. The zero-order valence-corrected chi connectivity index (χ0v) is 10.0. The van der Waals surface area contributed by atoms with Gasteiger partial charge in [-0.2, -0.15) is 0 Å². The Morgan fingerprint density at radius 2 is 1.88 bits per heavy atom. The molecule has 0 aliphatic carbocycles. The zero-order chi connectivity index (χ0) is 12.1. The average Bonchev–Trinajstić information content (AvgIpc) is 2.15. The number of hydrogen-bond acceptors (Lipinski definition) is 3. The van der Waals surface area contributed by atoms with Gasteiger partial charge in [-0.15, -0.1) is 0 Å². The summed E-state index contributed by atoms with van der Waals surface area (Å²) in [5.41, 5.74) is 0. The summed E-state index contributed by atoms with van der Waals surface area (Å²) in [5.74, 6) is -0.254. The second kappa shape index (κ2) is 5.81. The Hall–Kier alpha value is -1.14. The lowest BCUT2D eigenvalue weighted by Gasteiger charge is -2.31. The molecule has 0 bridgehead atoms. The molecule has 16 heavy (non-hydrogen) atoms. The number of hydrogen-bond donors (Lipinski definition) is 3. The Balaban J connectivity index is 2.35. The van der Waals surface area contributed by atoms with Gasteiger partial charge in [-0.1, -0.05) is 0 Å². The fourth-order valence-electron chi connectivity index (χ4n) is 1.99. The molecule has 92 valence electrons. The maximum atomic E-state index is 11.5. The van der Waals surface area contributed by atoms with Gasteiger partial charge in [0, 0.05) is 7.05 Å². The highest BCUT2D eigenvalue weighted by Crippen LogP contribution is 1.97. The number of morpholine rings is 1. The highest BCUT2D eigenvalue weighted by Gasteiger charge is 2.27. The third-order valence-corrected chi connectivity index (χ3v) is 2.51. The molecule has 0 aromatic rings. The number of ether oxygens (including phenoxy) is 1. The smallest absolute Gasteiger partial charge is 0.321 e. The molecular weight excluding hydrogens is 210 g/mol. The Morgan fingerprint density at radius 3 is 2.38 bits per heavy atom. The van der Waals surface area contributed by atoms with Gasteiger partial charge in [-0.3, -0.25) is 10.1 Å². The first-order valence-electron chi connectivity index (χ1n) is 5.52. The molecule has 6 nitrogen and oxygen atoms in total. The summed E-state index contributed by atoms with van der Waals surface area (Å²) in [6.45, 7) is 5.89. The molecule has 1 aliphatic rings. The molecule has 0 aromatic carbocycles. The SMILES string of the molecule is CNC(=O)NC(=O)C[NH+]1C[C@H](C)O[C@@H](C)C1. The Kier molecular flexibility index (Phi) is 4.70. The van der Waals surface area contributed by atoms with Crippen LogP contribution in [0.25, 0.3) is 0 Å². The van der Waals surface area contributed by atoms with E-state index < -0.39 is 6.03 Å². The van der Waals surface area contributed by atoms with E-state index in [2.05, 4.69) is 10.6 Å². The van der Waals surface area contributed by atoms with Crippen LogP contribution in [0.3, 0.4) is 0 Å². The van der Waals surface area contributed by atoms with Crippen LogP contribution in [0.1, 0.15) is 13.8 Å². The molecule has 1 heterocycles. The number of amides is 3. The average molecular weight is 230 g/mol. The van der Waals surface area contributed by atoms with Gasteiger partial charge in [0.05, 0.1) is 0 Å². The van der Waals surface area contributed by atoms with Gasteiger partial charge in [0.1, 0.15) is 25.3 Å². The van der Waals surface area contributed by atoms with Crippen molar-refractivity contribution in [3.63, 3.8) is 0 Å². The van der Waals surface area contributed by atoms with Crippen LogP contribution in [-0.4, -0.2) is 50.8 Å². The van der Waals surface area contributed by atoms with Gasteiger partial charge in [0.2, 0.25) is 0 Å². The summed E-state index contributed by atoms with van der Waals surface area (Å²) in [7, 11) is 1.48. The first-order chi connectivity index (χ1) is 7.51. The van der Waals surface area contributed by atoms with Crippen LogP contribution in [0.15, 0.2) is 0 Å². The standard InChI is InChI=1S/C10H19N3O3/c1-7-4-13(5-8(2)16-7)6-9(14)12-10(15)11-3/h7-8H,4-6H2,1-3H3,(H2,11,12,14,15)/p+1/t7-,8-/m0/s1. The number of urea groups is 1. The van der Waals surface area contributed by atoms with E-state index in [9.17, 15) is 9.59 Å². The molecular formula is C10H20N3O3+. The van der Waals surface area contributed by atoms with E-state index in [1.165, 1.54) is 7.05 Å². The Morgan fingerprint density at radius 1 is 1.31 bits per heavy atom. The van der Waals surface area contributed by atoms with Crippen molar-refractivity contribution in [2.24, 2.45) is 0 Å². The first kappa shape index (κ1) is 12.9. The van der Waals surface area contributed by atoms with Gasteiger partial charge < -0.3 is 15.0 Å². The van der Waals surface area contributed by atoms with Crippen LogP contribution in [0.2, 0.25) is 0 Å². The highest BCUT2D eigenvalue weighted by atomic mass is 16.5. The number of carbonyl (C=O) groups excluding carboxylic acids is 2. The summed E-state index contributed by atoms with van der Waals surface area (Å²) in [4.78, 5) is 23.5. The minimum absolute atomic E-state index is 0.159. The third-order valence-electron chi connectivity index (χ3n) is 2.51. The summed E-state index contributed by atoms with van der Waals surface area (Å²) >= 11 is 0. The zero-order valence-electron chi connectivity index (χ0n) is 10.0. The van der Waals surface area contributed by atoms with Crippen LogP contribution in [0.4, 0.5) is 4.79 Å². The second-order valence-corrected chi connectivity index (χ2v) is 4.22. The topological polar surface area (TPSA) is 71.9 Å². The summed E-state index contributed by atoms with van der Waals surface area (Å²) in [5, 5.41) is 4.60. The molecule has 1 aliphatic heterocycles. The predicted octanol–water partition coefficient (Wildman–Crippen LogP) is -1.87. The lowest BCUT2D eigenvalue weighted by atomic mass is 10.2. The number of rotatable bonds is 2. The first-order valence-corrected chi connectivity index (χ1v) is 5.52. The lowest BCUT2D eigenvalue weighted by Crippen LogP contribution is -3.16. The van der Waals surface area contributed by atoms with Crippen molar-refractivity contribution in [3.05, 3.63) is 0 Å². The van der Waals surface area contributed by atoms with Crippen molar-refractivity contribution in [3.8, 4) is 0 Å². The molecule has 6 heteroatoms. The van der Waals surface area contributed by atoms with Crippen molar-refractivity contribution in [2.75, 3.05) is 26.7 Å². The van der Waals surface area contributed by atoms with Crippen LogP contribution in [-0.2, 0) is 9.53 Å². The van der Waals surface area contributed by atoms with E-state index in [0.717, 1.165) is 18.0 Å². The number of carbonyl (C=O) groups is 2. The van der Waals surface area contributed by atoms with E-state index in [1.807, 2.05) is 13.8 Å². The van der Waals surface area contributed by atoms with E-state index in [4.69, 9.17) is 4.74 Å². The van der Waals surface area contributed by atoms with Crippen molar-refractivity contribution in [1.29, 1.82) is 0 Å². The van der Waals surface area contributed by atoms with Gasteiger partial charge in [-0.25, -0.2) is 4.79 Å². The number of quaternary nitrogens is 1. The molecule has 1 fully saturated rings. The molecule has 1 rings (SSSR count). The molecule has 0 unspecified atom stereocenters. The molecule has 2 atom stereocenters. The minimum Gasteiger partial charge on any atom is -0.364 e. The van der Waals surface area contributed by atoms with Crippen molar-refractivity contribution in [2.45, 2.75) is 26.1 Å². The fraction of sp³-hybridized carbons (Fsp3) is 0.800. The van der Waals surface area contributed by atoms with E-state index in [-0.39, 0.29) is 18.1 Å². The van der Waals surface area contributed by atoms with Gasteiger partial charge >= 0.3 is 6.03 Å². The lowest BCUT2D eigenvalue weighted by molar-refractivity contribution is -0.907. The van der Waals surface area contributed by atoms with Crippen LogP contribution >= 0.6 is 0 Å². The summed E-state index contributed by atoms with van der Waals surface area (Å²) in [6.07, 6.45) is 0.318. The van der Waals surface area contributed by atoms with Gasteiger partial charge in [0.15, 0.2) is 6.54 Å². The molecule has 0 spiro atoms. The highest BCUT2D eigenvalue weighted by molar-refractivity contribution is 5.94. The van der Waals surface area contributed by atoms with E-state index >= 15 is 0 Å². The Labute approximate surface area is 95.3 Å². The maximum Gasteiger partial charge on any atom is 0.321 e. The van der Waals surface area contributed by atoms with Crippen molar-refractivity contribution in [1.82, 2.24) is 10.6 Å². The van der Waals surface area contributed by atoms with Crippen molar-refractivity contribution < 1.29 is 19.2 Å². The summed E-state index contributed by atoms with van der Waals surface area (Å²) in [6, 6.07) is -0.459. The maximum absolute atomic E-state index is 11.5. The monoisotopic (exact) mass is 230 g/mol. The third kappa shape index (κ3) is 4.16. The van der Waals surface area contributed by atoms with E-state index in [0.29, 0.717) is 6.54 Å². The fourth-order valence-corrected chi connectivity index (χ4v) is 1.99. The largest absolute Gasteiger partial charge is 0.364 e. The van der Waals surface area contributed by atoms with Crippen LogP contribution in [0.5, 0.6) is 0 Å². The second-order valence-electron chi connectivity index (χ2n) is 4.22. The van der Waals surface area contributed by atoms with Crippen LogP contribution in [0, 0.1) is 0 Å². The minimum atomic E-state index is -0.459. The number of nitrogens with one attached hydrogen (secondary N) is 3. The van der Waals surface area contributed by atoms with Gasteiger partial charge in [-0.05, 0) is 13.8 Å². The van der Waals surface area contributed by atoms with Gasteiger partial charge in [0.25, 0.3) is 5.91 Å². The van der Waals surface area contributed by atoms with Crippen molar-refractivity contribution >= 4 is 11.9 Å². The molecule has 3 amide bonds. The predicted molar refractivity (Wildman–Crippen MR) is 58.2 cm³/mol.